The molecule has 3 heteroatoms. The Morgan fingerprint density at radius 1 is 1.22 bits per heavy atom. The molecule has 0 amide bonds. The first kappa shape index (κ1) is 10.4. The molecule has 2 aromatic rings. The Kier molecular flexibility index (Phi) is 2.02. The smallest absolute Gasteiger partial charge is 0.201 e. The van der Waals surface area contributed by atoms with Crippen molar-refractivity contribution < 1.29 is 0 Å². The van der Waals surface area contributed by atoms with E-state index in [0.717, 1.165) is 17.4 Å². The van der Waals surface area contributed by atoms with Crippen LogP contribution in [0.25, 0.3) is 11.0 Å². The predicted molar refractivity (Wildman–Crippen MR) is 73.4 cm³/mol. The van der Waals surface area contributed by atoms with Gasteiger partial charge in [0.1, 0.15) is 0 Å². The summed E-state index contributed by atoms with van der Waals surface area (Å²) < 4.78 is 2.32. The van der Waals surface area contributed by atoms with E-state index in [1.54, 1.807) is 0 Å². The molecule has 0 aliphatic heterocycles. The summed E-state index contributed by atoms with van der Waals surface area (Å²) in [5.41, 5.74) is 9.72. The van der Waals surface area contributed by atoms with E-state index in [9.17, 15) is 0 Å². The van der Waals surface area contributed by atoms with E-state index in [1.807, 2.05) is 0 Å². The Morgan fingerprint density at radius 3 is 2.50 bits per heavy atom. The van der Waals surface area contributed by atoms with E-state index in [1.165, 1.54) is 36.8 Å². The minimum Gasteiger partial charge on any atom is -0.369 e. The van der Waals surface area contributed by atoms with Crippen molar-refractivity contribution in [3.8, 4) is 0 Å². The van der Waals surface area contributed by atoms with E-state index in [0.29, 0.717) is 12.0 Å². The molecule has 2 N–H and O–H groups in total. The SMILES string of the molecule is Cc1ccc2c(c1)nc(N)n2C(C1CC1)C1CC1. The number of fused-ring (bicyclic) bond motifs is 1. The van der Waals surface area contributed by atoms with Crippen LogP contribution in [0.3, 0.4) is 0 Å². The molecule has 4 rings (SSSR count). The van der Waals surface area contributed by atoms with Crippen LogP contribution < -0.4 is 5.73 Å². The number of hydrogen-bond acceptors (Lipinski definition) is 2. The Morgan fingerprint density at radius 2 is 1.89 bits per heavy atom. The Balaban J connectivity index is 1.89. The van der Waals surface area contributed by atoms with Crippen molar-refractivity contribution in [1.29, 1.82) is 0 Å². The molecule has 2 aliphatic carbocycles. The zero-order valence-corrected chi connectivity index (χ0v) is 10.8. The topological polar surface area (TPSA) is 43.8 Å². The first-order valence-electron chi connectivity index (χ1n) is 6.98. The van der Waals surface area contributed by atoms with Crippen LogP contribution >= 0.6 is 0 Å². The van der Waals surface area contributed by atoms with E-state index in [4.69, 9.17) is 5.73 Å². The summed E-state index contributed by atoms with van der Waals surface area (Å²) in [6, 6.07) is 7.10. The molecule has 1 aromatic heterocycles. The molecule has 18 heavy (non-hydrogen) atoms. The standard InChI is InChI=1S/C15H19N3/c1-9-2-7-13-12(8-9)17-15(16)18(13)14(10-3-4-10)11-5-6-11/h2,7-8,10-11,14H,3-6H2,1H3,(H2,16,17). The summed E-state index contributed by atoms with van der Waals surface area (Å²) in [6.07, 6.45) is 5.47. The molecule has 0 radical (unpaired) electrons. The molecule has 1 heterocycles. The number of hydrogen-bond donors (Lipinski definition) is 1. The molecule has 94 valence electrons. The van der Waals surface area contributed by atoms with Crippen LogP contribution in [-0.4, -0.2) is 9.55 Å². The first-order valence-corrected chi connectivity index (χ1v) is 6.98. The van der Waals surface area contributed by atoms with Crippen LogP contribution in [0, 0.1) is 18.8 Å². The maximum atomic E-state index is 6.19. The number of rotatable bonds is 3. The van der Waals surface area contributed by atoms with Crippen LogP contribution in [0.5, 0.6) is 0 Å². The van der Waals surface area contributed by atoms with Crippen LogP contribution in [0.1, 0.15) is 37.3 Å². The largest absolute Gasteiger partial charge is 0.369 e. The lowest BCUT2D eigenvalue weighted by Crippen LogP contribution is -2.15. The third-order valence-corrected chi connectivity index (χ3v) is 4.38. The van der Waals surface area contributed by atoms with Crippen molar-refractivity contribution in [3.63, 3.8) is 0 Å². The van der Waals surface area contributed by atoms with Gasteiger partial charge in [0, 0.05) is 6.04 Å². The maximum Gasteiger partial charge on any atom is 0.201 e. The van der Waals surface area contributed by atoms with E-state index < -0.39 is 0 Å². The molecule has 2 fully saturated rings. The molecule has 2 aliphatic rings. The van der Waals surface area contributed by atoms with E-state index in [2.05, 4.69) is 34.7 Å². The molecule has 2 saturated carbocycles. The van der Waals surface area contributed by atoms with Crippen LogP contribution in [-0.2, 0) is 0 Å². The fourth-order valence-corrected chi connectivity index (χ4v) is 3.22. The van der Waals surface area contributed by atoms with E-state index in [-0.39, 0.29) is 0 Å². The summed E-state index contributed by atoms with van der Waals surface area (Å²) in [6.45, 7) is 2.11. The highest BCUT2D eigenvalue weighted by atomic mass is 15.2. The second-order valence-corrected chi connectivity index (χ2v) is 6.00. The fourth-order valence-electron chi connectivity index (χ4n) is 3.22. The summed E-state index contributed by atoms with van der Waals surface area (Å²) in [4.78, 5) is 4.56. The third-order valence-electron chi connectivity index (χ3n) is 4.38. The highest BCUT2D eigenvalue weighted by Crippen LogP contribution is 2.53. The zero-order valence-electron chi connectivity index (χ0n) is 10.8. The van der Waals surface area contributed by atoms with Gasteiger partial charge in [-0.3, -0.25) is 0 Å². The number of benzene rings is 1. The van der Waals surface area contributed by atoms with Gasteiger partial charge in [-0.05, 0) is 62.1 Å². The second kappa shape index (κ2) is 3.50. The van der Waals surface area contributed by atoms with Gasteiger partial charge in [-0.25, -0.2) is 4.98 Å². The summed E-state index contributed by atoms with van der Waals surface area (Å²) >= 11 is 0. The highest BCUT2D eigenvalue weighted by Gasteiger charge is 2.43. The van der Waals surface area contributed by atoms with Gasteiger partial charge in [0.25, 0.3) is 0 Å². The number of aryl methyl sites for hydroxylation is 1. The number of nitrogens with zero attached hydrogens (tertiary/aromatic N) is 2. The Labute approximate surface area is 107 Å². The normalized spacial score (nSPS) is 19.9. The lowest BCUT2D eigenvalue weighted by atomic mass is 10.1. The molecule has 3 nitrogen and oxygen atoms in total. The number of imidazole rings is 1. The molecular weight excluding hydrogens is 222 g/mol. The van der Waals surface area contributed by atoms with Crippen molar-refractivity contribution in [2.45, 2.75) is 38.6 Å². The van der Waals surface area contributed by atoms with Crippen LogP contribution in [0.15, 0.2) is 18.2 Å². The number of aromatic nitrogens is 2. The lowest BCUT2D eigenvalue weighted by Gasteiger charge is -2.20. The minimum atomic E-state index is 0.609. The van der Waals surface area contributed by atoms with E-state index >= 15 is 0 Å². The van der Waals surface area contributed by atoms with Gasteiger partial charge in [0.05, 0.1) is 11.0 Å². The van der Waals surface area contributed by atoms with Crippen LogP contribution in [0.2, 0.25) is 0 Å². The van der Waals surface area contributed by atoms with Gasteiger partial charge in [0.15, 0.2) is 0 Å². The van der Waals surface area contributed by atoms with Crippen molar-refractivity contribution in [2.24, 2.45) is 11.8 Å². The fraction of sp³-hybridized carbons (Fsp3) is 0.533. The quantitative estimate of drug-likeness (QED) is 0.896. The van der Waals surface area contributed by atoms with Gasteiger partial charge in [-0.1, -0.05) is 6.07 Å². The molecule has 0 saturated heterocycles. The second-order valence-electron chi connectivity index (χ2n) is 6.00. The lowest BCUT2D eigenvalue weighted by molar-refractivity contribution is 0.409. The average molecular weight is 241 g/mol. The number of anilines is 1. The van der Waals surface area contributed by atoms with Gasteiger partial charge in [0.2, 0.25) is 5.95 Å². The summed E-state index contributed by atoms with van der Waals surface area (Å²) in [5, 5.41) is 0. The molecule has 0 spiro atoms. The van der Waals surface area contributed by atoms with Gasteiger partial charge in [-0.15, -0.1) is 0 Å². The average Bonchev–Trinajstić information content (AvgIpc) is 3.21. The van der Waals surface area contributed by atoms with Crippen molar-refractivity contribution in [1.82, 2.24) is 9.55 Å². The highest BCUT2D eigenvalue weighted by molar-refractivity contribution is 5.79. The molecule has 1 aromatic carbocycles. The zero-order chi connectivity index (χ0) is 12.3. The van der Waals surface area contributed by atoms with Gasteiger partial charge in [-0.2, -0.15) is 0 Å². The summed E-state index contributed by atoms with van der Waals surface area (Å²) in [7, 11) is 0. The van der Waals surface area contributed by atoms with Gasteiger partial charge < -0.3 is 10.3 Å². The molecule has 0 unspecified atom stereocenters. The van der Waals surface area contributed by atoms with Crippen LogP contribution in [0.4, 0.5) is 5.95 Å². The molecule has 0 atom stereocenters. The van der Waals surface area contributed by atoms with Crippen molar-refractivity contribution in [3.05, 3.63) is 23.8 Å². The number of nitrogen functional groups attached to an aromatic ring is 1. The third kappa shape index (κ3) is 1.53. The first-order chi connectivity index (χ1) is 8.74. The maximum absolute atomic E-state index is 6.19. The molecular formula is C15H19N3. The summed E-state index contributed by atoms with van der Waals surface area (Å²) in [5.74, 6) is 2.40. The minimum absolute atomic E-state index is 0.609. The monoisotopic (exact) mass is 241 g/mol. The molecule has 0 bridgehead atoms. The number of nitrogens with two attached hydrogens (primary N) is 1. The Hall–Kier alpha value is -1.51. The Bertz CT molecular complexity index is 593. The predicted octanol–water partition coefficient (Wildman–Crippen LogP) is 3.29. The van der Waals surface area contributed by atoms with Crippen molar-refractivity contribution >= 4 is 17.0 Å². The van der Waals surface area contributed by atoms with Crippen molar-refractivity contribution in [2.75, 3.05) is 5.73 Å². The van der Waals surface area contributed by atoms with Gasteiger partial charge >= 0.3 is 0 Å².